The fourth-order valence-corrected chi connectivity index (χ4v) is 2.72. The van der Waals surface area contributed by atoms with Crippen molar-refractivity contribution in [3.63, 3.8) is 0 Å². The van der Waals surface area contributed by atoms with E-state index in [0.29, 0.717) is 0 Å². The van der Waals surface area contributed by atoms with Gasteiger partial charge in [0, 0.05) is 30.8 Å². The maximum atomic E-state index is 12.9. The summed E-state index contributed by atoms with van der Waals surface area (Å²) in [5.41, 5.74) is 4.69. The second kappa shape index (κ2) is 4.01. The molecule has 96 valence electrons. The molecule has 1 fully saturated rings. The van der Waals surface area contributed by atoms with Gasteiger partial charge in [0.25, 0.3) is 0 Å². The topological polar surface area (TPSA) is 43.8 Å². The van der Waals surface area contributed by atoms with Crippen LogP contribution in [0, 0.1) is 0 Å². The highest BCUT2D eigenvalue weighted by Gasteiger charge is 2.45. The van der Waals surface area contributed by atoms with E-state index in [2.05, 4.69) is 5.10 Å². The average Bonchev–Trinajstić information content (AvgIpc) is 2.83. The van der Waals surface area contributed by atoms with Crippen molar-refractivity contribution < 1.29 is 13.2 Å². The fraction of sp³-hybridized carbons (Fsp3) is 0.727. The smallest absolute Gasteiger partial charge is 0.330 e. The fourth-order valence-electron chi connectivity index (χ4n) is 2.72. The molecular weight excluding hydrogens is 231 g/mol. The second-order valence-corrected chi connectivity index (χ2v) is 4.75. The van der Waals surface area contributed by atoms with Crippen molar-refractivity contribution in [2.45, 2.75) is 37.3 Å². The molecule has 0 radical (unpaired) electrons. The van der Waals surface area contributed by atoms with Gasteiger partial charge in [0.15, 0.2) is 5.69 Å². The molecule has 6 heteroatoms. The van der Waals surface area contributed by atoms with E-state index < -0.39 is 17.3 Å². The SMILES string of the molecule is Cn1cc(C2(CN)CCCC2)c(C(F)(F)F)n1. The standard InChI is InChI=1S/C11H16F3N3/c1-17-6-8(9(16-17)11(12,13)14)10(7-15)4-2-3-5-10/h6H,2-5,7,15H2,1H3. The van der Waals surface area contributed by atoms with Crippen LogP contribution in [0.4, 0.5) is 13.2 Å². The molecular formula is C11H16F3N3. The molecule has 1 aromatic heterocycles. The Labute approximate surface area is 97.8 Å². The highest BCUT2D eigenvalue weighted by Crippen LogP contribution is 2.44. The van der Waals surface area contributed by atoms with Crippen molar-refractivity contribution in [3.05, 3.63) is 17.5 Å². The summed E-state index contributed by atoms with van der Waals surface area (Å²) >= 11 is 0. The maximum Gasteiger partial charge on any atom is 0.435 e. The van der Waals surface area contributed by atoms with Crippen molar-refractivity contribution in [2.24, 2.45) is 12.8 Å². The molecule has 2 N–H and O–H groups in total. The lowest BCUT2D eigenvalue weighted by Crippen LogP contribution is -2.33. The van der Waals surface area contributed by atoms with Crippen molar-refractivity contribution >= 4 is 0 Å². The first kappa shape index (κ1) is 12.4. The second-order valence-electron chi connectivity index (χ2n) is 4.75. The van der Waals surface area contributed by atoms with E-state index >= 15 is 0 Å². The summed E-state index contributed by atoms with van der Waals surface area (Å²) in [7, 11) is 1.51. The number of nitrogens with two attached hydrogens (primary N) is 1. The molecule has 0 saturated heterocycles. The van der Waals surface area contributed by atoms with Crippen LogP contribution in [-0.4, -0.2) is 16.3 Å². The zero-order valence-corrected chi connectivity index (χ0v) is 9.72. The van der Waals surface area contributed by atoms with E-state index in [1.54, 1.807) is 0 Å². The average molecular weight is 247 g/mol. The number of hydrogen-bond donors (Lipinski definition) is 1. The van der Waals surface area contributed by atoms with E-state index in [1.807, 2.05) is 0 Å². The lowest BCUT2D eigenvalue weighted by molar-refractivity contribution is -0.142. The van der Waals surface area contributed by atoms with Gasteiger partial charge in [0.2, 0.25) is 0 Å². The van der Waals surface area contributed by atoms with Crippen LogP contribution in [0.25, 0.3) is 0 Å². The molecule has 0 unspecified atom stereocenters. The Balaban J connectivity index is 2.50. The number of halogens is 3. The van der Waals surface area contributed by atoms with Gasteiger partial charge in [0.1, 0.15) is 0 Å². The predicted octanol–water partition coefficient (Wildman–Crippen LogP) is 2.21. The molecule has 0 atom stereocenters. The summed E-state index contributed by atoms with van der Waals surface area (Å²) in [5.74, 6) is 0. The number of rotatable bonds is 2. The molecule has 0 aliphatic heterocycles. The van der Waals surface area contributed by atoms with Crippen LogP contribution < -0.4 is 5.73 Å². The minimum atomic E-state index is -4.40. The molecule has 2 rings (SSSR count). The van der Waals surface area contributed by atoms with E-state index in [0.717, 1.165) is 25.7 Å². The number of aryl methyl sites for hydroxylation is 1. The summed E-state index contributed by atoms with van der Waals surface area (Å²) in [6.45, 7) is 0.252. The molecule has 0 bridgehead atoms. The normalized spacial score (nSPS) is 19.8. The molecule has 1 aliphatic rings. The first-order valence-electron chi connectivity index (χ1n) is 5.70. The summed E-state index contributed by atoms with van der Waals surface area (Å²) in [6, 6.07) is 0. The van der Waals surface area contributed by atoms with Gasteiger partial charge in [-0.05, 0) is 12.8 Å². The van der Waals surface area contributed by atoms with Crippen LogP contribution in [0.1, 0.15) is 36.9 Å². The van der Waals surface area contributed by atoms with Gasteiger partial charge in [-0.3, -0.25) is 4.68 Å². The Morgan fingerprint density at radius 2 is 2.00 bits per heavy atom. The zero-order chi connectivity index (χ0) is 12.7. The molecule has 3 nitrogen and oxygen atoms in total. The minimum absolute atomic E-state index is 0.252. The van der Waals surface area contributed by atoms with Gasteiger partial charge in [-0.25, -0.2) is 0 Å². The molecule has 17 heavy (non-hydrogen) atoms. The van der Waals surface area contributed by atoms with Crippen molar-refractivity contribution in [3.8, 4) is 0 Å². The van der Waals surface area contributed by atoms with Crippen LogP contribution >= 0.6 is 0 Å². The Kier molecular flexibility index (Phi) is 2.93. The molecule has 0 aromatic carbocycles. The van der Waals surface area contributed by atoms with E-state index in [9.17, 15) is 13.2 Å². The Bertz CT molecular complexity index is 403. The largest absolute Gasteiger partial charge is 0.435 e. The van der Waals surface area contributed by atoms with E-state index in [-0.39, 0.29) is 12.1 Å². The Morgan fingerprint density at radius 1 is 1.41 bits per heavy atom. The molecule has 1 saturated carbocycles. The van der Waals surface area contributed by atoms with Crippen LogP contribution in [-0.2, 0) is 18.6 Å². The lowest BCUT2D eigenvalue weighted by Gasteiger charge is -2.27. The van der Waals surface area contributed by atoms with Gasteiger partial charge in [0.05, 0.1) is 0 Å². The van der Waals surface area contributed by atoms with Crippen molar-refractivity contribution in [1.82, 2.24) is 9.78 Å². The van der Waals surface area contributed by atoms with Gasteiger partial charge in [-0.15, -0.1) is 0 Å². The van der Waals surface area contributed by atoms with Crippen LogP contribution in [0.2, 0.25) is 0 Å². The number of alkyl halides is 3. The summed E-state index contributed by atoms with van der Waals surface area (Å²) in [4.78, 5) is 0. The van der Waals surface area contributed by atoms with Gasteiger partial charge < -0.3 is 5.73 Å². The van der Waals surface area contributed by atoms with Gasteiger partial charge in [-0.1, -0.05) is 12.8 Å². The Hall–Kier alpha value is -1.04. The minimum Gasteiger partial charge on any atom is -0.330 e. The third-order valence-corrected chi connectivity index (χ3v) is 3.62. The summed E-state index contributed by atoms with van der Waals surface area (Å²) < 4.78 is 39.9. The van der Waals surface area contributed by atoms with Crippen molar-refractivity contribution in [1.29, 1.82) is 0 Å². The Morgan fingerprint density at radius 3 is 2.47 bits per heavy atom. The third-order valence-electron chi connectivity index (χ3n) is 3.62. The first-order valence-corrected chi connectivity index (χ1v) is 5.70. The highest BCUT2D eigenvalue weighted by molar-refractivity contribution is 5.31. The molecule has 1 aliphatic carbocycles. The monoisotopic (exact) mass is 247 g/mol. The summed E-state index contributed by atoms with van der Waals surface area (Å²) in [5, 5.41) is 3.56. The van der Waals surface area contributed by atoms with Crippen molar-refractivity contribution in [2.75, 3.05) is 6.54 Å². The van der Waals surface area contributed by atoms with E-state index in [4.69, 9.17) is 5.73 Å². The van der Waals surface area contributed by atoms with Gasteiger partial charge >= 0.3 is 6.18 Å². The van der Waals surface area contributed by atoms with Crippen LogP contribution in [0.3, 0.4) is 0 Å². The maximum absolute atomic E-state index is 12.9. The number of aromatic nitrogens is 2. The van der Waals surface area contributed by atoms with Crippen LogP contribution in [0.15, 0.2) is 6.20 Å². The zero-order valence-electron chi connectivity index (χ0n) is 9.72. The number of nitrogens with zero attached hydrogens (tertiary/aromatic N) is 2. The molecule has 0 spiro atoms. The summed E-state index contributed by atoms with van der Waals surface area (Å²) in [6.07, 6.45) is 0.381. The third kappa shape index (κ3) is 2.06. The van der Waals surface area contributed by atoms with Gasteiger partial charge in [-0.2, -0.15) is 18.3 Å². The molecule has 0 amide bonds. The first-order chi connectivity index (χ1) is 7.89. The predicted molar refractivity (Wildman–Crippen MR) is 57.4 cm³/mol. The number of hydrogen-bond acceptors (Lipinski definition) is 2. The molecule has 1 heterocycles. The molecule has 1 aromatic rings. The highest BCUT2D eigenvalue weighted by atomic mass is 19.4. The quantitative estimate of drug-likeness (QED) is 0.870. The van der Waals surface area contributed by atoms with Crippen LogP contribution in [0.5, 0.6) is 0 Å². The lowest BCUT2D eigenvalue weighted by atomic mass is 9.79. The van der Waals surface area contributed by atoms with E-state index in [1.165, 1.54) is 17.9 Å².